The first kappa shape index (κ1) is 15.8. The molecule has 2 heterocycles. The van der Waals surface area contributed by atoms with E-state index in [1.54, 1.807) is 0 Å². The molecule has 0 radical (unpaired) electrons. The van der Waals surface area contributed by atoms with E-state index in [1.165, 1.54) is 25.5 Å². The lowest BCUT2D eigenvalue weighted by atomic mass is 9.78. The van der Waals surface area contributed by atoms with Crippen LogP contribution in [0.3, 0.4) is 0 Å². The van der Waals surface area contributed by atoms with E-state index in [1.807, 2.05) is 0 Å². The highest BCUT2D eigenvalue weighted by molar-refractivity contribution is 5.57. The van der Waals surface area contributed by atoms with Crippen molar-refractivity contribution in [3.05, 3.63) is 17.8 Å². The molecule has 0 spiro atoms. The fourth-order valence-corrected chi connectivity index (χ4v) is 3.21. The van der Waals surface area contributed by atoms with Crippen molar-refractivity contribution in [2.75, 3.05) is 5.73 Å². The summed E-state index contributed by atoms with van der Waals surface area (Å²) in [5.41, 5.74) is 6.89. The summed E-state index contributed by atoms with van der Waals surface area (Å²) in [6.45, 7) is 2.08. The van der Waals surface area contributed by atoms with Gasteiger partial charge in [-0.25, -0.2) is 9.97 Å². The highest BCUT2D eigenvalue weighted by Crippen LogP contribution is 2.38. The maximum Gasteiger partial charge on any atom is 0.314 e. The fraction of sp³-hybridized carbons (Fsp3) is 0.600. The summed E-state index contributed by atoms with van der Waals surface area (Å²) in [5, 5.41) is 7.08. The number of anilines is 1. The molecule has 1 aliphatic carbocycles. The third-order valence-corrected chi connectivity index (χ3v) is 4.48. The minimum Gasteiger partial charge on any atom is -0.415 e. The molecule has 1 saturated carbocycles. The first-order valence-corrected chi connectivity index (χ1v) is 7.80. The molecule has 124 valence electrons. The van der Waals surface area contributed by atoms with Gasteiger partial charge in [0.25, 0.3) is 11.8 Å². The normalized spacial score (nSPS) is 17.6. The molecule has 2 aromatic rings. The molecule has 2 aromatic heterocycles. The molecular weight excluding hydrogens is 304 g/mol. The molecule has 0 amide bonds. The second-order valence-corrected chi connectivity index (χ2v) is 5.96. The van der Waals surface area contributed by atoms with Gasteiger partial charge in [-0.05, 0) is 18.8 Å². The van der Waals surface area contributed by atoms with E-state index < -0.39 is 12.3 Å². The van der Waals surface area contributed by atoms with Crippen molar-refractivity contribution in [1.29, 1.82) is 0 Å². The van der Waals surface area contributed by atoms with Crippen LogP contribution in [-0.4, -0.2) is 20.2 Å². The van der Waals surface area contributed by atoms with E-state index in [0.29, 0.717) is 17.2 Å². The van der Waals surface area contributed by atoms with E-state index >= 15 is 0 Å². The molecule has 1 fully saturated rings. The number of hydrogen-bond acceptors (Lipinski definition) is 6. The van der Waals surface area contributed by atoms with E-state index in [4.69, 9.17) is 10.2 Å². The second kappa shape index (κ2) is 6.55. The van der Waals surface area contributed by atoms with Gasteiger partial charge in [0.2, 0.25) is 5.95 Å². The monoisotopic (exact) mass is 323 g/mol. The van der Waals surface area contributed by atoms with Gasteiger partial charge in [0, 0.05) is 12.1 Å². The molecule has 6 nitrogen and oxygen atoms in total. The van der Waals surface area contributed by atoms with Gasteiger partial charge < -0.3 is 10.2 Å². The van der Waals surface area contributed by atoms with Gasteiger partial charge in [0.05, 0.1) is 11.3 Å². The van der Waals surface area contributed by atoms with Crippen molar-refractivity contribution in [3.63, 3.8) is 0 Å². The summed E-state index contributed by atoms with van der Waals surface area (Å²) in [4.78, 5) is 8.28. The maximum atomic E-state index is 12.7. The van der Waals surface area contributed by atoms with E-state index in [-0.39, 0.29) is 17.8 Å². The predicted octanol–water partition coefficient (Wildman–Crippen LogP) is 3.73. The molecule has 8 heteroatoms. The van der Waals surface area contributed by atoms with Crippen LogP contribution >= 0.6 is 0 Å². The third kappa shape index (κ3) is 3.30. The summed E-state index contributed by atoms with van der Waals surface area (Å²) in [5.74, 6) is 0.0675. The Morgan fingerprint density at radius 1 is 1.22 bits per heavy atom. The molecule has 1 atom stereocenters. The molecule has 0 aliphatic heterocycles. The molecule has 1 aliphatic rings. The van der Waals surface area contributed by atoms with Crippen molar-refractivity contribution in [3.8, 4) is 11.5 Å². The number of rotatable bonds is 4. The highest BCUT2D eigenvalue weighted by Gasteiger charge is 2.27. The number of nitrogen functional groups attached to an aromatic ring is 1. The van der Waals surface area contributed by atoms with Crippen LogP contribution in [0.2, 0.25) is 0 Å². The average molecular weight is 323 g/mol. The van der Waals surface area contributed by atoms with E-state index in [9.17, 15) is 8.78 Å². The largest absolute Gasteiger partial charge is 0.415 e. The predicted molar refractivity (Wildman–Crippen MR) is 79.7 cm³/mol. The topological polar surface area (TPSA) is 90.7 Å². The molecule has 1 unspecified atom stereocenters. The number of halogens is 2. The number of hydrogen-bond donors (Lipinski definition) is 1. The van der Waals surface area contributed by atoms with Crippen LogP contribution in [0.15, 0.2) is 10.6 Å². The maximum absolute atomic E-state index is 12.7. The van der Waals surface area contributed by atoms with Gasteiger partial charge in [-0.2, -0.15) is 8.78 Å². The second-order valence-electron chi connectivity index (χ2n) is 5.96. The van der Waals surface area contributed by atoms with Crippen LogP contribution in [0, 0.1) is 5.92 Å². The first-order valence-electron chi connectivity index (χ1n) is 7.80. The van der Waals surface area contributed by atoms with Crippen molar-refractivity contribution < 1.29 is 13.2 Å². The Kier molecular flexibility index (Phi) is 4.49. The molecule has 2 N–H and O–H groups in total. The van der Waals surface area contributed by atoms with Gasteiger partial charge in [-0.15, -0.1) is 10.2 Å². The van der Waals surface area contributed by atoms with Gasteiger partial charge in [-0.1, -0.05) is 26.2 Å². The molecule has 0 saturated heterocycles. The molecular formula is C15H19F2N5O. The number of alkyl halides is 2. The summed E-state index contributed by atoms with van der Waals surface area (Å²) < 4.78 is 30.4. The van der Waals surface area contributed by atoms with Crippen LogP contribution < -0.4 is 5.73 Å². The minimum atomic E-state index is -2.80. The average Bonchev–Trinajstić information content (AvgIpc) is 3.05. The third-order valence-electron chi connectivity index (χ3n) is 4.48. The quantitative estimate of drug-likeness (QED) is 0.922. The Morgan fingerprint density at radius 3 is 2.61 bits per heavy atom. The van der Waals surface area contributed by atoms with Crippen molar-refractivity contribution in [1.82, 2.24) is 20.2 Å². The van der Waals surface area contributed by atoms with E-state index in [0.717, 1.165) is 12.8 Å². The summed E-state index contributed by atoms with van der Waals surface area (Å²) in [6.07, 6.45) is 4.56. The zero-order valence-electron chi connectivity index (χ0n) is 12.9. The van der Waals surface area contributed by atoms with Crippen LogP contribution in [0.5, 0.6) is 0 Å². The lowest BCUT2D eigenvalue weighted by molar-refractivity contribution is 0.116. The van der Waals surface area contributed by atoms with Crippen LogP contribution in [0.1, 0.15) is 63.0 Å². The standard InChI is InChI=1S/C15H19F2N5O/c1-8(9-5-3-2-4-6-9)11-10(7-19-15(18)20-11)13-21-22-14(23-13)12(16)17/h7-9,12H,2-6H2,1H3,(H2,18,19,20). The number of aromatic nitrogens is 4. The SMILES string of the molecule is CC(c1nc(N)ncc1-c1nnc(C(F)F)o1)C1CCCCC1. The zero-order chi connectivity index (χ0) is 16.4. The van der Waals surface area contributed by atoms with Crippen molar-refractivity contribution >= 4 is 5.95 Å². The van der Waals surface area contributed by atoms with Crippen molar-refractivity contribution in [2.45, 2.75) is 51.4 Å². The molecule has 3 rings (SSSR count). The number of nitrogens with two attached hydrogens (primary N) is 1. The first-order chi connectivity index (χ1) is 11.1. The van der Waals surface area contributed by atoms with Crippen LogP contribution in [-0.2, 0) is 0 Å². The fourth-order valence-electron chi connectivity index (χ4n) is 3.21. The van der Waals surface area contributed by atoms with E-state index in [2.05, 4.69) is 27.1 Å². The molecule has 0 bridgehead atoms. The Hall–Kier alpha value is -2.12. The summed E-state index contributed by atoms with van der Waals surface area (Å²) >= 11 is 0. The summed E-state index contributed by atoms with van der Waals surface area (Å²) in [6, 6.07) is 0. The lowest BCUT2D eigenvalue weighted by Gasteiger charge is -2.28. The smallest absolute Gasteiger partial charge is 0.314 e. The van der Waals surface area contributed by atoms with Gasteiger partial charge in [0.15, 0.2) is 0 Å². The lowest BCUT2D eigenvalue weighted by Crippen LogP contribution is -2.16. The number of nitrogens with zero attached hydrogens (tertiary/aromatic N) is 4. The van der Waals surface area contributed by atoms with Crippen molar-refractivity contribution in [2.24, 2.45) is 5.92 Å². The Morgan fingerprint density at radius 2 is 1.96 bits per heavy atom. The Balaban J connectivity index is 1.96. The molecule has 0 aromatic carbocycles. The summed E-state index contributed by atoms with van der Waals surface area (Å²) in [7, 11) is 0. The van der Waals surface area contributed by atoms with Gasteiger partial charge in [-0.3, -0.25) is 0 Å². The van der Waals surface area contributed by atoms with Crippen LogP contribution in [0.4, 0.5) is 14.7 Å². The zero-order valence-corrected chi connectivity index (χ0v) is 12.9. The van der Waals surface area contributed by atoms with Crippen LogP contribution in [0.25, 0.3) is 11.5 Å². The highest BCUT2D eigenvalue weighted by atomic mass is 19.3. The Labute approximate surface area is 132 Å². The van der Waals surface area contributed by atoms with Gasteiger partial charge >= 0.3 is 6.43 Å². The Bertz CT molecular complexity index is 670. The minimum absolute atomic E-state index is 0.0120. The van der Waals surface area contributed by atoms with Gasteiger partial charge in [0.1, 0.15) is 0 Å². The molecule has 23 heavy (non-hydrogen) atoms.